The van der Waals surface area contributed by atoms with Crippen LogP contribution in [0.3, 0.4) is 0 Å². The van der Waals surface area contributed by atoms with Crippen LogP contribution in [0.25, 0.3) is 0 Å². The molecule has 0 N–H and O–H groups in total. The number of rotatable bonds is 5. The summed E-state index contributed by atoms with van der Waals surface area (Å²) in [5, 5.41) is 4.68. The molecule has 0 amide bonds. The largest absolute Gasteiger partial charge is 0.417 e. The molecule has 1 aromatic heterocycles. The number of hydrogen-bond acceptors (Lipinski definition) is 4. The summed E-state index contributed by atoms with van der Waals surface area (Å²) in [6, 6.07) is 8.28. The van der Waals surface area contributed by atoms with E-state index < -0.39 is 11.7 Å². The fraction of sp³-hybridized carbons (Fsp3) is 0.368. The summed E-state index contributed by atoms with van der Waals surface area (Å²) in [4.78, 5) is 11.3. The minimum atomic E-state index is -4.43. The van der Waals surface area contributed by atoms with Crippen LogP contribution in [0.2, 0.25) is 5.02 Å². The smallest absolute Gasteiger partial charge is 0.391 e. The zero-order chi connectivity index (χ0) is 19.4. The van der Waals surface area contributed by atoms with Crippen LogP contribution in [-0.2, 0) is 17.6 Å². The van der Waals surface area contributed by atoms with Gasteiger partial charge in [-0.3, -0.25) is 4.98 Å². The average molecular weight is 398 g/mol. The molecule has 1 fully saturated rings. The van der Waals surface area contributed by atoms with Crippen molar-refractivity contribution in [2.24, 2.45) is 5.16 Å². The minimum absolute atomic E-state index is 0.230. The molecule has 0 saturated carbocycles. The van der Waals surface area contributed by atoms with Gasteiger partial charge in [0.2, 0.25) is 0 Å². The lowest BCUT2D eigenvalue weighted by atomic mass is 10.1. The summed E-state index contributed by atoms with van der Waals surface area (Å²) in [6.07, 6.45) is -1.71. The molecule has 2 aromatic rings. The Morgan fingerprint density at radius 2 is 1.89 bits per heavy atom. The minimum Gasteiger partial charge on any atom is -0.391 e. The Kier molecular flexibility index (Phi) is 5.89. The molecule has 2 heterocycles. The molecular weight excluding hydrogens is 379 g/mol. The van der Waals surface area contributed by atoms with Crippen LogP contribution in [0.15, 0.2) is 41.7 Å². The van der Waals surface area contributed by atoms with Gasteiger partial charge in [-0.25, -0.2) is 0 Å². The molecule has 1 aliphatic heterocycles. The molecular formula is C19H19ClF3N3O. The van der Waals surface area contributed by atoms with E-state index in [0.29, 0.717) is 35.2 Å². The van der Waals surface area contributed by atoms with E-state index in [1.165, 1.54) is 0 Å². The topological polar surface area (TPSA) is 37.7 Å². The zero-order valence-electron chi connectivity index (χ0n) is 14.8. The molecule has 8 heteroatoms. The van der Waals surface area contributed by atoms with Crippen LogP contribution in [0.5, 0.6) is 0 Å². The highest BCUT2D eigenvalue weighted by atomic mass is 35.5. The number of alkyl halides is 3. The fourth-order valence-corrected chi connectivity index (χ4v) is 3.04. The lowest BCUT2D eigenvalue weighted by molar-refractivity contribution is -0.137. The molecule has 4 nitrogen and oxygen atoms in total. The highest BCUT2D eigenvalue weighted by Crippen LogP contribution is 2.33. The van der Waals surface area contributed by atoms with Gasteiger partial charge in [-0.1, -0.05) is 28.9 Å². The quantitative estimate of drug-likeness (QED) is 0.508. The number of nitrogens with zero attached hydrogens (tertiary/aromatic N) is 3. The van der Waals surface area contributed by atoms with Crippen LogP contribution in [0.1, 0.15) is 36.6 Å². The highest BCUT2D eigenvalue weighted by molar-refractivity contribution is 6.30. The van der Waals surface area contributed by atoms with Crippen LogP contribution in [0.4, 0.5) is 18.9 Å². The number of aromatic nitrogens is 1. The normalized spacial score (nSPS) is 15.3. The van der Waals surface area contributed by atoms with Gasteiger partial charge in [0.15, 0.2) is 0 Å². The third kappa shape index (κ3) is 4.91. The Labute approximate surface area is 160 Å². The molecule has 0 unspecified atom stereocenters. The third-order valence-electron chi connectivity index (χ3n) is 4.33. The van der Waals surface area contributed by atoms with Crippen molar-refractivity contribution in [2.75, 3.05) is 18.0 Å². The van der Waals surface area contributed by atoms with Crippen LogP contribution >= 0.6 is 11.6 Å². The molecule has 3 rings (SSSR count). The van der Waals surface area contributed by atoms with Crippen molar-refractivity contribution in [3.05, 3.63) is 58.4 Å². The van der Waals surface area contributed by atoms with Crippen LogP contribution in [-0.4, -0.2) is 23.8 Å². The molecule has 1 aliphatic rings. The zero-order valence-corrected chi connectivity index (χ0v) is 15.5. The molecule has 27 heavy (non-hydrogen) atoms. The maximum atomic E-state index is 13.1. The van der Waals surface area contributed by atoms with E-state index in [4.69, 9.17) is 16.4 Å². The fourth-order valence-electron chi connectivity index (χ4n) is 2.91. The van der Waals surface area contributed by atoms with Gasteiger partial charge in [0.05, 0.1) is 11.3 Å². The van der Waals surface area contributed by atoms with E-state index in [-0.39, 0.29) is 6.61 Å². The van der Waals surface area contributed by atoms with Gasteiger partial charge in [0.25, 0.3) is 0 Å². The Hall–Kier alpha value is -2.28. The highest BCUT2D eigenvalue weighted by Gasteiger charge is 2.33. The number of hydrogen-bond donors (Lipinski definition) is 0. The Bertz CT molecular complexity index is 816. The van der Waals surface area contributed by atoms with Crippen molar-refractivity contribution >= 4 is 23.0 Å². The number of halogens is 4. The van der Waals surface area contributed by atoms with E-state index in [9.17, 15) is 13.2 Å². The summed E-state index contributed by atoms with van der Waals surface area (Å²) >= 11 is 5.84. The van der Waals surface area contributed by atoms with E-state index in [0.717, 1.165) is 30.7 Å². The van der Waals surface area contributed by atoms with E-state index in [2.05, 4.69) is 10.1 Å². The molecule has 0 aliphatic carbocycles. The lowest BCUT2D eigenvalue weighted by Crippen LogP contribution is -2.22. The monoisotopic (exact) mass is 397 g/mol. The van der Waals surface area contributed by atoms with Gasteiger partial charge in [0, 0.05) is 24.3 Å². The van der Waals surface area contributed by atoms with E-state index >= 15 is 0 Å². The summed E-state index contributed by atoms with van der Waals surface area (Å²) in [5.41, 5.74) is 1.40. The standard InChI is InChI=1S/C19H19ClF3N3O/c1-13(25-27-12-14-4-6-16(20)7-5-14)18-17(26-8-2-3-9-26)10-15(11-24-18)19(21,22)23/h4-7,10-11H,2-3,8-9,12H2,1H3/b25-13+. The Morgan fingerprint density at radius 3 is 2.52 bits per heavy atom. The van der Waals surface area contributed by atoms with E-state index in [1.54, 1.807) is 19.1 Å². The molecule has 144 valence electrons. The van der Waals surface area contributed by atoms with Crippen LogP contribution < -0.4 is 4.90 Å². The molecule has 0 bridgehead atoms. The average Bonchev–Trinajstić information content (AvgIpc) is 3.16. The van der Waals surface area contributed by atoms with Gasteiger partial charge in [-0.15, -0.1) is 0 Å². The maximum absolute atomic E-state index is 13.1. The van der Waals surface area contributed by atoms with Gasteiger partial charge in [0.1, 0.15) is 18.0 Å². The summed E-state index contributed by atoms with van der Waals surface area (Å²) in [5.74, 6) is 0. The van der Waals surface area contributed by atoms with Crippen molar-refractivity contribution in [3.63, 3.8) is 0 Å². The summed E-state index contributed by atoms with van der Waals surface area (Å²) < 4.78 is 39.3. The predicted octanol–water partition coefficient (Wildman–Crippen LogP) is 5.29. The number of benzene rings is 1. The first kappa shape index (κ1) is 19.5. The Balaban J connectivity index is 1.81. The third-order valence-corrected chi connectivity index (χ3v) is 4.58. The number of pyridine rings is 1. The molecule has 1 saturated heterocycles. The molecule has 0 atom stereocenters. The number of anilines is 1. The van der Waals surface area contributed by atoms with Gasteiger partial charge in [-0.05, 0) is 43.5 Å². The first-order valence-corrected chi connectivity index (χ1v) is 8.96. The van der Waals surface area contributed by atoms with Gasteiger partial charge >= 0.3 is 6.18 Å². The SMILES string of the molecule is C/C(=N\OCc1ccc(Cl)cc1)c1ncc(C(F)(F)F)cc1N1CCCC1. The molecule has 1 aromatic carbocycles. The second-order valence-corrected chi connectivity index (χ2v) is 6.80. The summed E-state index contributed by atoms with van der Waals surface area (Å²) in [6.45, 7) is 3.31. The molecule has 0 radical (unpaired) electrons. The number of oxime groups is 1. The first-order chi connectivity index (χ1) is 12.8. The second-order valence-electron chi connectivity index (χ2n) is 6.36. The predicted molar refractivity (Wildman–Crippen MR) is 99.1 cm³/mol. The first-order valence-electron chi connectivity index (χ1n) is 8.58. The van der Waals surface area contributed by atoms with Crippen molar-refractivity contribution in [1.82, 2.24) is 4.98 Å². The van der Waals surface area contributed by atoms with Crippen LogP contribution in [0, 0.1) is 0 Å². The van der Waals surface area contributed by atoms with Crippen molar-refractivity contribution in [3.8, 4) is 0 Å². The van der Waals surface area contributed by atoms with Gasteiger partial charge in [-0.2, -0.15) is 13.2 Å². The van der Waals surface area contributed by atoms with E-state index in [1.807, 2.05) is 17.0 Å². The van der Waals surface area contributed by atoms with Crippen molar-refractivity contribution in [2.45, 2.75) is 32.5 Å². The Morgan fingerprint density at radius 1 is 1.22 bits per heavy atom. The van der Waals surface area contributed by atoms with Crippen molar-refractivity contribution in [1.29, 1.82) is 0 Å². The van der Waals surface area contributed by atoms with Gasteiger partial charge < -0.3 is 9.74 Å². The lowest BCUT2D eigenvalue weighted by Gasteiger charge is -2.22. The second kappa shape index (κ2) is 8.17. The maximum Gasteiger partial charge on any atom is 0.417 e. The molecule has 0 spiro atoms. The van der Waals surface area contributed by atoms with Crippen molar-refractivity contribution < 1.29 is 18.0 Å². The summed E-state index contributed by atoms with van der Waals surface area (Å²) in [7, 11) is 0.